The molecule has 1 heterocycles. The first-order valence-corrected chi connectivity index (χ1v) is 7.36. The number of nitrogens with two attached hydrogens (primary N) is 1. The van der Waals surface area contributed by atoms with E-state index >= 15 is 0 Å². The molecule has 0 radical (unpaired) electrons. The van der Waals surface area contributed by atoms with Crippen molar-refractivity contribution in [3.8, 4) is 11.5 Å². The highest BCUT2D eigenvalue weighted by atomic mass is 32.2. The highest BCUT2D eigenvalue weighted by molar-refractivity contribution is 8.18. The van der Waals surface area contributed by atoms with Gasteiger partial charge >= 0.3 is 6.61 Å². The van der Waals surface area contributed by atoms with E-state index < -0.39 is 17.8 Å². The second kappa shape index (κ2) is 7.42. The van der Waals surface area contributed by atoms with Gasteiger partial charge in [-0.2, -0.15) is 8.78 Å². The molecule has 2 N–H and O–H groups in total. The highest BCUT2D eigenvalue weighted by Gasteiger charge is 2.34. The van der Waals surface area contributed by atoms with Gasteiger partial charge in [-0.05, 0) is 35.5 Å². The van der Waals surface area contributed by atoms with E-state index in [4.69, 9.17) is 10.5 Å². The maximum absolute atomic E-state index is 12.3. The number of thioether (sulfide) groups is 1. The molecule has 1 aliphatic rings. The number of benzene rings is 1. The van der Waals surface area contributed by atoms with Gasteiger partial charge in [0.2, 0.25) is 0 Å². The summed E-state index contributed by atoms with van der Waals surface area (Å²) in [6.45, 7) is -2.65. The van der Waals surface area contributed by atoms with Crippen molar-refractivity contribution in [3.05, 3.63) is 28.7 Å². The SMILES string of the molecule is COc1cc(/C=C2/SC(=O)N(CCN)C2=O)ccc1OC(F)F. The number of ether oxygens (including phenoxy) is 2. The number of nitrogens with zero attached hydrogens (tertiary/aromatic N) is 1. The molecule has 124 valence electrons. The van der Waals surface area contributed by atoms with Crippen molar-refractivity contribution in [3.63, 3.8) is 0 Å². The van der Waals surface area contributed by atoms with Gasteiger partial charge < -0.3 is 15.2 Å². The zero-order valence-corrected chi connectivity index (χ0v) is 12.9. The Balaban J connectivity index is 2.26. The number of amides is 2. The third-order valence-electron chi connectivity index (χ3n) is 2.93. The summed E-state index contributed by atoms with van der Waals surface area (Å²) < 4.78 is 33.9. The Hall–Kier alpha value is -2.13. The normalized spacial score (nSPS) is 16.6. The summed E-state index contributed by atoms with van der Waals surface area (Å²) in [6, 6.07) is 4.23. The molecular weight excluding hydrogens is 330 g/mol. The van der Waals surface area contributed by atoms with E-state index in [0.717, 1.165) is 16.7 Å². The van der Waals surface area contributed by atoms with Gasteiger partial charge in [0.25, 0.3) is 11.1 Å². The van der Waals surface area contributed by atoms with Crippen molar-refractivity contribution in [1.29, 1.82) is 0 Å². The van der Waals surface area contributed by atoms with Crippen LogP contribution in [-0.2, 0) is 4.79 Å². The van der Waals surface area contributed by atoms with Crippen LogP contribution in [-0.4, -0.2) is 42.9 Å². The van der Waals surface area contributed by atoms with Crippen LogP contribution < -0.4 is 15.2 Å². The van der Waals surface area contributed by atoms with Crippen LogP contribution in [0.1, 0.15) is 5.56 Å². The highest BCUT2D eigenvalue weighted by Crippen LogP contribution is 2.34. The molecule has 9 heteroatoms. The van der Waals surface area contributed by atoms with Crippen molar-refractivity contribution in [2.24, 2.45) is 5.73 Å². The third-order valence-corrected chi connectivity index (χ3v) is 3.84. The molecule has 23 heavy (non-hydrogen) atoms. The molecule has 0 unspecified atom stereocenters. The number of methoxy groups -OCH3 is 1. The molecule has 0 bridgehead atoms. The van der Waals surface area contributed by atoms with Crippen LogP contribution in [0.15, 0.2) is 23.1 Å². The fourth-order valence-electron chi connectivity index (χ4n) is 1.94. The van der Waals surface area contributed by atoms with Crippen LogP contribution in [0.4, 0.5) is 13.6 Å². The van der Waals surface area contributed by atoms with Gasteiger partial charge in [0.05, 0.1) is 12.0 Å². The van der Waals surface area contributed by atoms with Gasteiger partial charge in [-0.25, -0.2) is 0 Å². The van der Waals surface area contributed by atoms with Gasteiger partial charge in [0, 0.05) is 13.1 Å². The number of carbonyl (C=O) groups excluding carboxylic acids is 2. The van der Waals surface area contributed by atoms with Crippen LogP contribution >= 0.6 is 11.8 Å². The maximum Gasteiger partial charge on any atom is 0.387 e. The average molecular weight is 344 g/mol. The molecule has 0 atom stereocenters. The van der Waals surface area contributed by atoms with E-state index in [9.17, 15) is 18.4 Å². The summed E-state index contributed by atoms with van der Waals surface area (Å²) in [6.07, 6.45) is 1.48. The number of halogens is 2. The molecule has 2 rings (SSSR count). The topological polar surface area (TPSA) is 81.9 Å². The van der Waals surface area contributed by atoms with Crippen LogP contribution in [0.25, 0.3) is 6.08 Å². The first-order chi connectivity index (χ1) is 11.0. The second-order valence-electron chi connectivity index (χ2n) is 4.41. The predicted octanol–water partition coefficient (Wildman–Crippen LogP) is 2.29. The summed E-state index contributed by atoms with van der Waals surface area (Å²) in [4.78, 5) is 25.1. The molecule has 0 aromatic heterocycles. The minimum Gasteiger partial charge on any atom is -0.493 e. The summed E-state index contributed by atoms with van der Waals surface area (Å²) in [5.41, 5.74) is 5.87. The predicted molar refractivity (Wildman–Crippen MR) is 81.4 cm³/mol. The van der Waals surface area contributed by atoms with Gasteiger partial charge in [0.15, 0.2) is 11.5 Å². The first-order valence-electron chi connectivity index (χ1n) is 6.54. The minimum absolute atomic E-state index is 0.0974. The molecule has 0 saturated carbocycles. The number of carbonyl (C=O) groups is 2. The third kappa shape index (κ3) is 3.99. The Morgan fingerprint density at radius 2 is 2.09 bits per heavy atom. The molecule has 1 aromatic carbocycles. The lowest BCUT2D eigenvalue weighted by Crippen LogP contribution is -2.33. The molecule has 0 aliphatic carbocycles. The number of alkyl halides is 2. The average Bonchev–Trinajstić information content (AvgIpc) is 2.76. The molecule has 0 spiro atoms. The Labute approximate surface area is 135 Å². The van der Waals surface area contributed by atoms with E-state index in [1.54, 1.807) is 0 Å². The molecular formula is C14H14F2N2O4S. The minimum atomic E-state index is -2.97. The second-order valence-corrected chi connectivity index (χ2v) is 5.40. The van der Waals surface area contributed by atoms with Crippen LogP contribution in [0.3, 0.4) is 0 Å². The quantitative estimate of drug-likeness (QED) is 0.798. The zero-order valence-electron chi connectivity index (χ0n) is 12.1. The lowest BCUT2D eigenvalue weighted by molar-refractivity contribution is -0.122. The van der Waals surface area contributed by atoms with E-state index in [2.05, 4.69) is 4.74 Å². The Bertz CT molecular complexity index is 652. The molecule has 6 nitrogen and oxygen atoms in total. The molecule has 2 amide bonds. The van der Waals surface area contributed by atoms with Crippen molar-refractivity contribution in [2.75, 3.05) is 20.2 Å². The first kappa shape index (κ1) is 17.2. The zero-order chi connectivity index (χ0) is 17.0. The van der Waals surface area contributed by atoms with Crippen molar-refractivity contribution < 1.29 is 27.8 Å². The molecule has 1 aliphatic heterocycles. The lowest BCUT2D eigenvalue weighted by Gasteiger charge is -2.10. The smallest absolute Gasteiger partial charge is 0.387 e. The maximum atomic E-state index is 12.3. The summed E-state index contributed by atoms with van der Waals surface area (Å²) in [5.74, 6) is -0.451. The van der Waals surface area contributed by atoms with Crippen LogP contribution in [0.2, 0.25) is 0 Å². The van der Waals surface area contributed by atoms with Gasteiger partial charge in [-0.3, -0.25) is 14.5 Å². The fourth-order valence-corrected chi connectivity index (χ4v) is 2.81. The van der Waals surface area contributed by atoms with E-state index in [-0.39, 0.29) is 29.5 Å². The molecule has 1 fully saturated rings. The van der Waals surface area contributed by atoms with E-state index in [1.807, 2.05) is 0 Å². The molecule has 1 saturated heterocycles. The summed E-state index contributed by atoms with van der Waals surface area (Å²) >= 11 is 0.796. The monoisotopic (exact) mass is 344 g/mol. The number of rotatable bonds is 6. The van der Waals surface area contributed by atoms with Crippen molar-refractivity contribution in [1.82, 2.24) is 4.90 Å². The Kier molecular flexibility index (Phi) is 5.56. The van der Waals surface area contributed by atoms with Crippen molar-refractivity contribution >= 4 is 29.0 Å². The Morgan fingerprint density at radius 3 is 2.70 bits per heavy atom. The summed E-state index contributed by atoms with van der Waals surface area (Å²) in [5, 5.41) is -0.392. The number of imide groups is 1. The number of hydrogen-bond donors (Lipinski definition) is 1. The molecule has 1 aromatic rings. The van der Waals surface area contributed by atoms with E-state index in [0.29, 0.717) is 5.56 Å². The standard InChI is InChI=1S/C14H14F2N2O4S/c1-21-10-6-8(2-3-9(10)22-13(15)16)7-11-12(19)18(5-4-17)14(20)23-11/h2-3,6-7,13H,4-5,17H2,1H3/b11-7+. The van der Waals surface area contributed by atoms with Crippen LogP contribution in [0.5, 0.6) is 11.5 Å². The van der Waals surface area contributed by atoms with Crippen LogP contribution in [0, 0.1) is 0 Å². The lowest BCUT2D eigenvalue weighted by atomic mass is 10.2. The van der Waals surface area contributed by atoms with Gasteiger partial charge in [-0.1, -0.05) is 6.07 Å². The fraction of sp³-hybridized carbons (Fsp3) is 0.286. The van der Waals surface area contributed by atoms with Crippen molar-refractivity contribution in [2.45, 2.75) is 6.61 Å². The summed E-state index contributed by atoms with van der Waals surface area (Å²) in [7, 11) is 1.31. The van der Waals surface area contributed by atoms with Gasteiger partial charge in [0.1, 0.15) is 0 Å². The Morgan fingerprint density at radius 1 is 1.35 bits per heavy atom. The van der Waals surface area contributed by atoms with Gasteiger partial charge in [-0.15, -0.1) is 0 Å². The van der Waals surface area contributed by atoms with E-state index in [1.165, 1.54) is 31.4 Å². The number of hydrogen-bond acceptors (Lipinski definition) is 6. The largest absolute Gasteiger partial charge is 0.493 e.